The number of unbranched alkanes of at least 4 members (excludes halogenated alkanes) is 1. The lowest BCUT2D eigenvalue weighted by atomic mass is 10.1. The molecule has 0 unspecified atom stereocenters. The summed E-state index contributed by atoms with van der Waals surface area (Å²) in [5.74, 6) is -0.127. The number of hydrogen-bond donors (Lipinski definition) is 0. The van der Waals surface area contributed by atoms with Crippen molar-refractivity contribution in [2.24, 2.45) is 0 Å². The topological polar surface area (TPSA) is 20.3 Å². The van der Waals surface area contributed by atoms with Gasteiger partial charge in [0.2, 0.25) is 0 Å². The van der Waals surface area contributed by atoms with E-state index in [9.17, 15) is 4.79 Å². The second-order valence-electron chi connectivity index (χ2n) is 3.75. The molecule has 0 aliphatic carbocycles. The van der Waals surface area contributed by atoms with Crippen LogP contribution >= 0.6 is 0 Å². The fraction of sp³-hybridized carbons (Fsp3) is 0.385. The maximum absolute atomic E-state index is 11.0. The van der Waals surface area contributed by atoms with Gasteiger partial charge in [-0.25, -0.2) is 0 Å². The average molecular weight is 204 g/mol. The minimum absolute atomic E-state index is 0.127. The van der Waals surface area contributed by atoms with Crippen LogP contribution in [0.1, 0.15) is 30.1 Å². The Balaban J connectivity index is 2.66. The number of Topliss-reactive ketones (excluding diaryl/α,β-unsaturated/α-hetero) is 1. The number of carbonyl (C=O) groups excluding carboxylic acids is 1. The van der Waals surface area contributed by atoms with Crippen LogP contribution in [0.2, 0.25) is 0 Å². The molecule has 0 aliphatic heterocycles. The first-order valence-corrected chi connectivity index (χ1v) is 5.32. The number of rotatable bonds is 5. The van der Waals surface area contributed by atoms with E-state index in [4.69, 9.17) is 0 Å². The molecule has 1 radical (unpaired) electrons. The number of hydrogen-bond acceptors (Lipinski definition) is 2. The van der Waals surface area contributed by atoms with Gasteiger partial charge in [-0.1, -0.05) is 13.3 Å². The normalized spacial score (nSPS) is 10.1. The molecule has 0 saturated heterocycles. The summed E-state index contributed by atoms with van der Waals surface area (Å²) in [5.41, 5.74) is 1.82. The Kier molecular flexibility index (Phi) is 4.35. The largest absolute Gasteiger partial charge is 0.375 e. The summed E-state index contributed by atoms with van der Waals surface area (Å²) in [7, 11) is 2.07. The molecule has 1 aromatic rings. The van der Waals surface area contributed by atoms with Crippen molar-refractivity contribution in [2.75, 3.05) is 18.5 Å². The molecular formula is C13H18NO. The van der Waals surface area contributed by atoms with E-state index in [1.165, 1.54) is 12.8 Å². The third-order valence-corrected chi connectivity index (χ3v) is 2.48. The van der Waals surface area contributed by atoms with Gasteiger partial charge in [0, 0.05) is 31.8 Å². The molecule has 0 amide bonds. The van der Waals surface area contributed by atoms with Crippen molar-refractivity contribution in [1.29, 1.82) is 0 Å². The lowest BCUT2D eigenvalue weighted by molar-refractivity contribution is 0.104. The molecule has 1 aromatic carbocycles. The standard InChI is InChI=1S/C13H18NO/c1-4-5-10-14(3)13-8-6-12(7-9-13)11(2)15/h6-9H,2,4-5,10H2,1,3H3. The van der Waals surface area contributed by atoms with E-state index >= 15 is 0 Å². The number of carbonyl (C=O) groups is 1. The highest BCUT2D eigenvalue weighted by molar-refractivity contribution is 5.99. The SMILES string of the molecule is [CH2]C(=O)c1ccc(N(C)CCCC)cc1. The number of ketones is 1. The summed E-state index contributed by atoms with van der Waals surface area (Å²) in [4.78, 5) is 13.2. The maximum Gasteiger partial charge on any atom is 0.163 e. The van der Waals surface area contributed by atoms with Gasteiger partial charge in [0.1, 0.15) is 0 Å². The minimum Gasteiger partial charge on any atom is -0.375 e. The predicted molar refractivity (Wildman–Crippen MR) is 64.3 cm³/mol. The summed E-state index contributed by atoms with van der Waals surface area (Å²) >= 11 is 0. The smallest absolute Gasteiger partial charge is 0.163 e. The van der Waals surface area contributed by atoms with E-state index in [1.54, 1.807) is 0 Å². The Bertz CT molecular complexity index is 316. The Hall–Kier alpha value is -1.31. The van der Waals surface area contributed by atoms with E-state index in [0.29, 0.717) is 5.56 Å². The van der Waals surface area contributed by atoms with Gasteiger partial charge in [-0.2, -0.15) is 0 Å². The van der Waals surface area contributed by atoms with E-state index in [2.05, 4.69) is 25.8 Å². The van der Waals surface area contributed by atoms with Crippen LogP contribution < -0.4 is 4.90 Å². The predicted octanol–water partition coefficient (Wildman–Crippen LogP) is 2.94. The van der Waals surface area contributed by atoms with Gasteiger partial charge in [0.15, 0.2) is 5.78 Å². The van der Waals surface area contributed by atoms with Crippen molar-refractivity contribution < 1.29 is 4.79 Å². The van der Waals surface area contributed by atoms with E-state index < -0.39 is 0 Å². The van der Waals surface area contributed by atoms with Crippen LogP contribution in [0.25, 0.3) is 0 Å². The van der Waals surface area contributed by atoms with Crippen LogP contribution in [-0.2, 0) is 0 Å². The Morgan fingerprint density at radius 2 is 1.93 bits per heavy atom. The van der Waals surface area contributed by atoms with Gasteiger partial charge in [0.25, 0.3) is 0 Å². The molecule has 0 saturated carbocycles. The van der Waals surface area contributed by atoms with Gasteiger partial charge in [-0.15, -0.1) is 0 Å². The van der Waals surface area contributed by atoms with Crippen molar-refractivity contribution >= 4 is 11.5 Å². The molecule has 0 spiro atoms. The van der Waals surface area contributed by atoms with Crippen molar-refractivity contribution in [2.45, 2.75) is 19.8 Å². The molecule has 0 fully saturated rings. The fourth-order valence-electron chi connectivity index (χ4n) is 1.43. The summed E-state index contributed by atoms with van der Waals surface area (Å²) in [5, 5.41) is 0. The van der Waals surface area contributed by atoms with Gasteiger partial charge < -0.3 is 4.90 Å². The third kappa shape index (κ3) is 3.39. The van der Waals surface area contributed by atoms with Gasteiger partial charge >= 0.3 is 0 Å². The maximum atomic E-state index is 11.0. The van der Waals surface area contributed by atoms with Crippen LogP contribution in [0.15, 0.2) is 24.3 Å². The monoisotopic (exact) mass is 204 g/mol. The third-order valence-electron chi connectivity index (χ3n) is 2.48. The van der Waals surface area contributed by atoms with Crippen molar-refractivity contribution in [3.05, 3.63) is 36.8 Å². The molecule has 0 N–H and O–H groups in total. The van der Waals surface area contributed by atoms with E-state index in [0.717, 1.165) is 12.2 Å². The zero-order valence-electron chi connectivity index (χ0n) is 9.49. The van der Waals surface area contributed by atoms with E-state index in [-0.39, 0.29) is 5.78 Å². The second kappa shape index (κ2) is 5.54. The lowest BCUT2D eigenvalue weighted by Gasteiger charge is -2.18. The molecule has 2 nitrogen and oxygen atoms in total. The van der Waals surface area contributed by atoms with Gasteiger partial charge in [0.05, 0.1) is 0 Å². The number of anilines is 1. The average Bonchev–Trinajstić information content (AvgIpc) is 2.26. The van der Waals surface area contributed by atoms with Crippen LogP contribution in [-0.4, -0.2) is 19.4 Å². The summed E-state index contributed by atoms with van der Waals surface area (Å²) in [6, 6.07) is 7.59. The first-order chi connectivity index (χ1) is 7.15. The molecule has 0 heterocycles. The quantitative estimate of drug-likeness (QED) is 0.687. The Labute approximate surface area is 91.9 Å². The van der Waals surface area contributed by atoms with Gasteiger partial charge in [-0.3, -0.25) is 4.79 Å². The molecule has 0 aromatic heterocycles. The lowest BCUT2D eigenvalue weighted by Crippen LogP contribution is -2.18. The van der Waals surface area contributed by atoms with Crippen LogP contribution in [0.4, 0.5) is 5.69 Å². The molecular weight excluding hydrogens is 186 g/mol. The summed E-state index contributed by atoms with van der Waals surface area (Å²) in [6.07, 6.45) is 2.38. The molecule has 1 rings (SSSR count). The van der Waals surface area contributed by atoms with Crippen LogP contribution in [0, 0.1) is 6.92 Å². The highest BCUT2D eigenvalue weighted by Crippen LogP contribution is 2.14. The van der Waals surface area contributed by atoms with Gasteiger partial charge in [-0.05, 0) is 30.7 Å². The van der Waals surface area contributed by atoms with Crippen molar-refractivity contribution in [3.63, 3.8) is 0 Å². The molecule has 0 atom stereocenters. The zero-order chi connectivity index (χ0) is 11.3. The van der Waals surface area contributed by atoms with Crippen molar-refractivity contribution in [1.82, 2.24) is 0 Å². The van der Waals surface area contributed by atoms with Crippen molar-refractivity contribution in [3.8, 4) is 0 Å². The number of nitrogens with zero attached hydrogens (tertiary/aromatic N) is 1. The first-order valence-electron chi connectivity index (χ1n) is 5.32. The summed E-state index contributed by atoms with van der Waals surface area (Å²) < 4.78 is 0. The molecule has 15 heavy (non-hydrogen) atoms. The molecule has 0 aliphatic rings. The Morgan fingerprint density at radius 3 is 2.40 bits per heavy atom. The Morgan fingerprint density at radius 1 is 1.33 bits per heavy atom. The molecule has 0 bridgehead atoms. The highest BCUT2D eigenvalue weighted by atomic mass is 16.1. The van der Waals surface area contributed by atoms with Crippen LogP contribution in [0.5, 0.6) is 0 Å². The molecule has 81 valence electrons. The summed E-state index contributed by atoms with van der Waals surface area (Å²) in [6.45, 7) is 6.61. The highest BCUT2D eigenvalue weighted by Gasteiger charge is 2.02. The fourth-order valence-corrected chi connectivity index (χ4v) is 1.43. The van der Waals surface area contributed by atoms with E-state index in [1.807, 2.05) is 24.3 Å². The molecule has 2 heteroatoms. The number of benzene rings is 1. The minimum atomic E-state index is -0.127. The second-order valence-corrected chi connectivity index (χ2v) is 3.75. The zero-order valence-corrected chi connectivity index (χ0v) is 9.49. The van der Waals surface area contributed by atoms with Crippen LogP contribution in [0.3, 0.4) is 0 Å². The first kappa shape index (κ1) is 11.8.